The molecule has 0 bridgehead atoms. The molecule has 1 aliphatic heterocycles. The Bertz CT molecular complexity index is 976. The lowest BCUT2D eigenvalue weighted by Crippen LogP contribution is -2.14. The molecule has 1 aliphatic rings. The maximum absolute atomic E-state index is 12.4. The number of carbonyl (C=O) groups excluding carboxylic acids is 1. The molecule has 0 fully saturated rings. The second-order valence-corrected chi connectivity index (χ2v) is 6.37. The van der Waals surface area contributed by atoms with Crippen LogP contribution in [0.25, 0.3) is 0 Å². The molecule has 0 unspecified atom stereocenters. The number of anilines is 2. The van der Waals surface area contributed by atoms with E-state index in [1.807, 2.05) is 24.3 Å². The lowest BCUT2D eigenvalue weighted by molar-refractivity contribution is 0.102. The lowest BCUT2D eigenvalue weighted by atomic mass is 10.2. The van der Waals surface area contributed by atoms with Crippen LogP contribution in [0.4, 0.5) is 11.4 Å². The molecule has 1 amide bonds. The first kappa shape index (κ1) is 17.2. The summed E-state index contributed by atoms with van der Waals surface area (Å²) in [5.74, 6) is 1.21. The Morgan fingerprint density at radius 2 is 1.81 bits per heavy atom. The van der Waals surface area contributed by atoms with Crippen molar-refractivity contribution in [3.8, 4) is 11.5 Å². The highest BCUT2D eigenvalue weighted by atomic mass is 35.5. The summed E-state index contributed by atoms with van der Waals surface area (Å²) in [6, 6.07) is 16.2. The van der Waals surface area contributed by atoms with Crippen LogP contribution in [0.3, 0.4) is 0 Å². The van der Waals surface area contributed by atoms with Crippen molar-refractivity contribution in [3.63, 3.8) is 0 Å². The Balaban J connectivity index is 1.41. The third kappa shape index (κ3) is 4.12. The number of nitrogens with zero attached hydrogens (tertiary/aromatic N) is 1. The largest absolute Gasteiger partial charge is 0.454 e. The molecule has 2 N–H and O–H groups in total. The third-order valence-corrected chi connectivity index (χ3v) is 4.28. The summed E-state index contributed by atoms with van der Waals surface area (Å²) >= 11 is 5.85. The van der Waals surface area contributed by atoms with E-state index in [1.165, 1.54) is 0 Å². The summed E-state index contributed by atoms with van der Waals surface area (Å²) in [5, 5.41) is 6.69. The van der Waals surface area contributed by atoms with Crippen molar-refractivity contribution in [1.29, 1.82) is 0 Å². The Kier molecular flexibility index (Phi) is 4.80. The molecule has 3 aromatic rings. The summed E-state index contributed by atoms with van der Waals surface area (Å²) in [7, 11) is 0. The van der Waals surface area contributed by atoms with Crippen molar-refractivity contribution in [2.24, 2.45) is 0 Å². The zero-order chi connectivity index (χ0) is 18.6. The van der Waals surface area contributed by atoms with E-state index in [9.17, 15) is 4.79 Å². The Morgan fingerprint density at radius 3 is 2.67 bits per heavy atom. The van der Waals surface area contributed by atoms with Crippen molar-refractivity contribution in [2.75, 3.05) is 17.4 Å². The topological polar surface area (TPSA) is 72.5 Å². The van der Waals surface area contributed by atoms with Gasteiger partial charge in [-0.2, -0.15) is 0 Å². The van der Waals surface area contributed by atoms with Gasteiger partial charge < -0.3 is 20.1 Å². The van der Waals surface area contributed by atoms with E-state index < -0.39 is 0 Å². The Hall–Kier alpha value is -3.25. The van der Waals surface area contributed by atoms with Crippen molar-refractivity contribution in [3.05, 3.63) is 77.1 Å². The molecule has 27 heavy (non-hydrogen) atoms. The van der Waals surface area contributed by atoms with Crippen molar-refractivity contribution in [1.82, 2.24) is 4.98 Å². The van der Waals surface area contributed by atoms with Crippen LogP contribution in [0.2, 0.25) is 5.02 Å². The number of benzene rings is 2. The molecule has 0 atom stereocenters. The molecular formula is C20H16ClN3O3. The maximum Gasteiger partial charge on any atom is 0.274 e. The SMILES string of the molecule is O=C(Nc1ccc(Cl)cc1)c1cc(NCc2ccc3c(c2)OCO3)ccn1. The molecular weight excluding hydrogens is 366 g/mol. The van der Waals surface area contributed by atoms with Gasteiger partial charge in [-0.1, -0.05) is 17.7 Å². The van der Waals surface area contributed by atoms with Gasteiger partial charge in [0.1, 0.15) is 5.69 Å². The maximum atomic E-state index is 12.4. The van der Waals surface area contributed by atoms with Gasteiger partial charge in [0.05, 0.1) is 0 Å². The molecule has 0 saturated carbocycles. The lowest BCUT2D eigenvalue weighted by Gasteiger charge is -2.09. The minimum atomic E-state index is -0.288. The summed E-state index contributed by atoms with van der Waals surface area (Å²) in [6.07, 6.45) is 1.60. The molecule has 0 aliphatic carbocycles. The summed E-state index contributed by atoms with van der Waals surface area (Å²) < 4.78 is 10.7. The number of hydrogen-bond donors (Lipinski definition) is 2. The van der Waals surface area contributed by atoms with Crippen molar-refractivity contribution in [2.45, 2.75) is 6.54 Å². The van der Waals surface area contributed by atoms with Crippen molar-refractivity contribution < 1.29 is 14.3 Å². The highest BCUT2D eigenvalue weighted by molar-refractivity contribution is 6.30. The summed E-state index contributed by atoms with van der Waals surface area (Å²) in [5.41, 5.74) is 2.82. The van der Waals surface area contributed by atoms with E-state index in [1.54, 1.807) is 36.5 Å². The summed E-state index contributed by atoms with van der Waals surface area (Å²) in [6.45, 7) is 0.835. The van der Waals surface area contributed by atoms with E-state index in [4.69, 9.17) is 21.1 Å². The van der Waals surface area contributed by atoms with E-state index in [0.717, 1.165) is 22.7 Å². The van der Waals surface area contributed by atoms with Gasteiger partial charge in [-0.25, -0.2) is 0 Å². The van der Waals surface area contributed by atoms with Crippen LogP contribution in [0, 0.1) is 0 Å². The fraction of sp³-hybridized carbons (Fsp3) is 0.100. The van der Waals surface area contributed by atoms with Gasteiger partial charge in [-0.05, 0) is 54.1 Å². The van der Waals surface area contributed by atoms with E-state index in [2.05, 4.69) is 15.6 Å². The Labute approximate surface area is 161 Å². The third-order valence-electron chi connectivity index (χ3n) is 4.03. The van der Waals surface area contributed by atoms with Gasteiger partial charge in [0.15, 0.2) is 11.5 Å². The molecule has 2 heterocycles. The number of amides is 1. The number of nitrogens with one attached hydrogen (secondary N) is 2. The fourth-order valence-electron chi connectivity index (χ4n) is 2.65. The molecule has 0 radical (unpaired) electrons. The van der Waals surface area contributed by atoms with Crippen LogP contribution < -0.4 is 20.1 Å². The number of rotatable bonds is 5. The number of hydrogen-bond acceptors (Lipinski definition) is 5. The van der Waals surface area contributed by atoms with Gasteiger partial charge in [0, 0.05) is 29.1 Å². The first-order chi connectivity index (χ1) is 13.2. The zero-order valence-electron chi connectivity index (χ0n) is 14.2. The predicted octanol–water partition coefficient (Wildman–Crippen LogP) is 4.33. The number of pyridine rings is 1. The zero-order valence-corrected chi connectivity index (χ0v) is 15.0. The van der Waals surface area contributed by atoms with Crippen LogP contribution in [0.15, 0.2) is 60.8 Å². The van der Waals surface area contributed by atoms with E-state index in [0.29, 0.717) is 22.9 Å². The minimum absolute atomic E-state index is 0.253. The van der Waals surface area contributed by atoms with Gasteiger partial charge >= 0.3 is 0 Å². The van der Waals surface area contributed by atoms with Gasteiger partial charge in [-0.15, -0.1) is 0 Å². The van der Waals surface area contributed by atoms with Gasteiger partial charge in [0.25, 0.3) is 5.91 Å². The summed E-state index contributed by atoms with van der Waals surface area (Å²) in [4.78, 5) is 16.5. The highest BCUT2D eigenvalue weighted by Gasteiger charge is 2.13. The monoisotopic (exact) mass is 381 g/mol. The predicted molar refractivity (Wildman–Crippen MR) is 104 cm³/mol. The first-order valence-corrected chi connectivity index (χ1v) is 8.70. The van der Waals surface area contributed by atoms with Crippen LogP contribution in [-0.4, -0.2) is 17.7 Å². The molecule has 4 rings (SSSR count). The minimum Gasteiger partial charge on any atom is -0.454 e. The average molecular weight is 382 g/mol. The fourth-order valence-corrected chi connectivity index (χ4v) is 2.77. The van der Waals surface area contributed by atoms with E-state index in [-0.39, 0.29) is 12.7 Å². The number of aromatic nitrogens is 1. The molecule has 136 valence electrons. The van der Waals surface area contributed by atoms with Crippen LogP contribution in [0.1, 0.15) is 16.1 Å². The van der Waals surface area contributed by atoms with Gasteiger partial charge in [-0.3, -0.25) is 9.78 Å². The van der Waals surface area contributed by atoms with Crippen molar-refractivity contribution >= 4 is 28.9 Å². The second-order valence-electron chi connectivity index (χ2n) is 5.93. The Morgan fingerprint density at radius 1 is 1.00 bits per heavy atom. The molecule has 6 nitrogen and oxygen atoms in total. The molecule has 1 aromatic heterocycles. The second kappa shape index (κ2) is 7.55. The molecule has 7 heteroatoms. The van der Waals surface area contributed by atoms with Crippen LogP contribution in [-0.2, 0) is 6.54 Å². The number of halogens is 1. The molecule has 2 aromatic carbocycles. The van der Waals surface area contributed by atoms with Crippen LogP contribution in [0.5, 0.6) is 11.5 Å². The molecule has 0 saturated heterocycles. The van der Waals surface area contributed by atoms with Crippen LogP contribution >= 0.6 is 11.6 Å². The average Bonchev–Trinajstić information content (AvgIpc) is 3.16. The smallest absolute Gasteiger partial charge is 0.274 e. The normalized spacial score (nSPS) is 11.9. The van der Waals surface area contributed by atoms with Gasteiger partial charge in [0.2, 0.25) is 6.79 Å². The molecule has 0 spiro atoms. The van der Waals surface area contributed by atoms with E-state index >= 15 is 0 Å². The first-order valence-electron chi connectivity index (χ1n) is 8.33. The standard InChI is InChI=1S/C20H16ClN3O3/c21-14-2-4-15(5-3-14)24-20(25)17-10-16(7-8-22-17)23-11-13-1-6-18-19(9-13)27-12-26-18/h1-10H,11-12H2,(H,22,23)(H,24,25). The number of carbonyl (C=O) groups is 1. The quantitative estimate of drug-likeness (QED) is 0.688. The highest BCUT2D eigenvalue weighted by Crippen LogP contribution is 2.32. The number of fused-ring (bicyclic) bond motifs is 1. The number of ether oxygens (including phenoxy) is 2.